The molecule has 1 aliphatic carbocycles. The summed E-state index contributed by atoms with van der Waals surface area (Å²) in [6.45, 7) is 1.97. The zero-order chi connectivity index (χ0) is 24.4. The first kappa shape index (κ1) is 23.9. The Morgan fingerprint density at radius 2 is 1.79 bits per heavy atom. The third-order valence-corrected chi connectivity index (χ3v) is 6.63. The molecule has 0 spiro atoms. The van der Waals surface area contributed by atoms with E-state index in [4.69, 9.17) is 35.0 Å². The number of rotatable bonds is 5. The minimum atomic E-state index is -0.845. The number of ether oxygens (including phenoxy) is 4. The van der Waals surface area contributed by atoms with Crippen molar-refractivity contribution in [1.82, 2.24) is 0 Å². The molecule has 9 heteroatoms. The van der Waals surface area contributed by atoms with E-state index in [1.807, 2.05) is 0 Å². The zero-order valence-corrected chi connectivity index (χ0v) is 19.8. The summed E-state index contributed by atoms with van der Waals surface area (Å²) in [5, 5.41) is 0.586. The lowest BCUT2D eigenvalue weighted by Gasteiger charge is -2.37. The van der Waals surface area contributed by atoms with Crippen molar-refractivity contribution in [2.24, 2.45) is 17.8 Å². The zero-order valence-electron chi connectivity index (χ0n) is 19.1. The van der Waals surface area contributed by atoms with Crippen LogP contribution in [0.2, 0.25) is 5.02 Å². The molecule has 2 aromatic rings. The number of esters is 2. The lowest BCUT2D eigenvalue weighted by molar-refractivity contribution is -0.160. The number of fused-ring (bicyclic) bond motifs is 2. The van der Waals surface area contributed by atoms with Gasteiger partial charge in [0.05, 0.1) is 31.6 Å². The van der Waals surface area contributed by atoms with E-state index in [2.05, 4.69) is 0 Å². The fourth-order valence-electron chi connectivity index (χ4n) is 4.74. The SMILES string of the molecule is COC(=O)[C@@H]1[C@@H](C(=O)OC)CC(COc2ccc(Cl)cc2)=C2COc3cc(C)oc(=O)c3C[C@H]21. The largest absolute Gasteiger partial charge is 0.489 e. The van der Waals surface area contributed by atoms with E-state index in [-0.39, 0.29) is 26.1 Å². The van der Waals surface area contributed by atoms with Gasteiger partial charge < -0.3 is 23.4 Å². The van der Waals surface area contributed by atoms with Crippen molar-refractivity contribution < 1.29 is 33.0 Å². The highest BCUT2D eigenvalue weighted by Gasteiger charge is 2.48. The lowest BCUT2D eigenvalue weighted by atomic mass is 9.67. The fourth-order valence-corrected chi connectivity index (χ4v) is 4.86. The second kappa shape index (κ2) is 9.93. The third kappa shape index (κ3) is 4.68. The van der Waals surface area contributed by atoms with Crippen molar-refractivity contribution in [2.45, 2.75) is 19.8 Å². The van der Waals surface area contributed by atoms with E-state index in [1.54, 1.807) is 37.3 Å². The molecular weight excluding hydrogens is 464 g/mol. The maximum absolute atomic E-state index is 12.9. The number of aryl methyl sites for hydroxylation is 1. The quantitative estimate of drug-likeness (QED) is 0.465. The first-order chi connectivity index (χ1) is 16.3. The molecule has 0 N–H and O–H groups in total. The van der Waals surface area contributed by atoms with Gasteiger partial charge in [-0.2, -0.15) is 0 Å². The molecule has 3 atom stereocenters. The van der Waals surface area contributed by atoms with Gasteiger partial charge in [-0.05, 0) is 55.2 Å². The van der Waals surface area contributed by atoms with Crippen molar-refractivity contribution in [3.05, 3.63) is 68.2 Å². The molecule has 2 aliphatic rings. The summed E-state index contributed by atoms with van der Waals surface area (Å²) >= 11 is 5.96. The predicted molar refractivity (Wildman–Crippen MR) is 122 cm³/mol. The Morgan fingerprint density at radius 3 is 2.47 bits per heavy atom. The Morgan fingerprint density at radius 1 is 1.09 bits per heavy atom. The molecule has 0 saturated carbocycles. The van der Waals surface area contributed by atoms with E-state index in [0.717, 1.165) is 11.1 Å². The number of hydrogen-bond acceptors (Lipinski definition) is 8. The molecule has 2 heterocycles. The van der Waals surface area contributed by atoms with Crippen LogP contribution in [0.5, 0.6) is 11.5 Å². The molecule has 1 aromatic carbocycles. The lowest BCUT2D eigenvalue weighted by Crippen LogP contribution is -2.43. The molecule has 1 aliphatic heterocycles. The van der Waals surface area contributed by atoms with Gasteiger partial charge in [-0.1, -0.05) is 11.6 Å². The molecule has 8 nitrogen and oxygen atoms in total. The average Bonchev–Trinajstić information content (AvgIpc) is 3.02. The van der Waals surface area contributed by atoms with Crippen LogP contribution in [0.1, 0.15) is 17.7 Å². The number of hydrogen-bond donors (Lipinski definition) is 0. The Labute approximate surface area is 201 Å². The molecule has 1 aromatic heterocycles. The minimum Gasteiger partial charge on any atom is -0.489 e. The first-order valence-electron chi connectivity index (χ1n) is 10.8. The molecule has 4 rings (SSSR count). The summed E-state index contributed by atoms with van der Waals surface area (Å²) in [5.41, 5.74) is 1.41. The molecule has 0 saturated heterocycles. The average molecular weight is 489 g/mol. The summed E-state index contributed by atoms with van der Waals surface area (Å²) in [6, 6.07) is 8.59. The molecule has 180 valence electrons. The van der Waals surface area contributed by atoms with Crippen LogP contribution < -0.4 is 15.1 Å². The Hall–Kier alpha value is -3.26. The van der Waals surface area contributed by atoms with Crippen LogP contribution in [0.3, 0.4) is 0 Å². The maximum Gasteiger partial charge on any atom is 0.342 e. The smallest absolute Gasteiger partial charge is 0.342 e. The second-order valence-electron chi connectivity index (χ2n) is 8.34. The minimum absolute atomic E-state index is 0.140. The van der Waals surface area contributed by atoms with Crippen LogP contribution in [0, 0.1) is 24.7 Å². The van der Waals surface area contributed by atoms with E-state index < -0.39 is 35.3 Å². The molecule has 0 fully saturated rings. The maximum atomic E-state index is 12.9. The number of carbonyl (C=O) groups is 2. The summed E-state index contributed by atoms with van der Waals surface area (Å²) in [4.78, 5) is 38.3. The topological polar surface area (TPSA) is 101 Å². The predicted octanol–water partition coefficient (Wildman–Crippen LogP) is 3.51. The van der Waals surface area contributed by atoms with Gasteiger partial charge in [0.25, 0.3) is 0 Å². The van der Waals surface area contributed by atoms with E-state index >= 15 is 0 Å². The summed E-state index contributed by atoms with van der Waals surface area (Å²) in [6.07, 6.45) is 0.393. The van der Waals surface area contributed by atoms with Crippen LogP contribution in [-0.2, 0) is 25.5 Å². The molecule has 0 amide bonds. The summed E-state index contributed by atoms with van der Waals surface area (Å²) < 4.78 is 27.3. The van der Waals surface area contributed by atoms with Gasteiger partial charge in [-0.3, -0.25) is 9.59 Å². The molecule has 0 unspecified atom stereocenters. The summed E-state index contributed by atoms with van der Waals surface area (Å²) in [5.74, 6) is -1.81. The standard InChI is InChI=1S/C25H25ClO8/c1-13-8-21-18(24(28)34-13)10-17-20(12-33-21)14(11-32-16-6-4-15(26)5-7-16)9-19(23(27)30-2)22(17)25(29)31-3/h4-8,17,19,22H,9-12H2,1-3H3/t17-,19+,22+/m1/s1. The highest BCUT2D eigenvalue weighted by molar-refractivity contribution is 6.30. The number of carbonyl (C=O) groups excluding carboxylic acids is 2. The van der Waals surface area contributed by atoms with Crippen molar-refractivity contribution in [3.8, 4) is 11.5 Å². The van der Waals surface area contributed by atoms with Crippen LogP contribution in [-0.4, -0.2) is 39.4 Å². The Bertz CT molecular complexity index is 1180. The molecule has 34 heavy (non-hydrogen) atoms. The van der Waals surface area contributed by atoms with Crippen LogP contribution in [0.4, 0.5) is 0 Å². The molecular formula is C25H25ClO8. The summed E-state index contributed by atoms with van der Waals surface area (Å²) in [7, 11) is 2.56. The van der Waals surface area contributed by atoms with Crippen LogP contribution in [0.25, 0.3) is 0 Å². The fraction of sp³-hybridized carbons (Fsp3) is 0.400. The van der Waals surface area contributed by atoms with Gasteiger partial charge in [0.2, 0.25) is 0 Å². The third-order valence-electron chi connectivity index (χ3n) is 6.38. The first-order valence-corrected chi connectivity index (χ1v) is 11.2. The highest BCUT2D eigenvalue weighted by Crippen LogP contribution is 2.44. The number of halogens is 1. The normalized spacial score (nSPS) is 21.5. The second-order valence-corrected chi connectivity index (χ2v) is 8.78. The Balaban J connectivity index is 1.78. The van der Waals surface area contributed by atoms with Crippen molar-refractivity contribution >= 4 is 23.5 Å². The monoisotopic (exact) mass is 488 g/mol. The molecule has 0 radical (unpaired) electrons. The van der Waals surface area contributed by atoms with Gasteiger partial charge in [-0.25, -0.2) is 4.79 Å². The molecule has 0 bridgehead atoms. The van der Waals surface area contributed by atoms with Gasteiger partial charge >= 0.3 is 17.6 Å². The number of methoxy groups -OCH3 is 2. The van der Waals surface area contributed by atoms with Gasteiger partial charge in [0.1, 0.15) is 30.5 Å². The van der Waals surface area contributed by atoms with Gasteiger partial charge in [0.15, 0.2) is 0 Å². The van der Waals surface area contributed by atoms with Crippen molar-refractivity contribution in [1.29, 1.82) is 0 Å². The van der Waals surface area contributed by atoms with E-state index in [9.17, 15) is 14.4 Å². The van der Waals surface area contributed by atoms with E-state index in [1.165, 1.54) is 14.2 Å². The van der Waals surface area contributed by atoms with Gasteiger partial charge in [0, 0.05) is 17.0 Å². The number of benzene rings is 1. The van der Waals surface area contributed by atoms with Crippen LogP contribution >= 0.6 is 11.6 Å². The van der Waals surface area contributed by atoms with Gasteiger partial charge in [-0.15, -0.1) is 0 Å². The van der Waals surface area contributed by atoms with Crippen molar-refractivity contribution in [2.75, 3.05) is 27.4 Å². The van der Waals surface area contributed by atoms with Crippen molar-refractivity contribution in [3.63, 3.8) is 0 Å². The highest BCUT2D eigenvalue weighted by atomic mass is 35.5. The Kier molecular flexibility index (Phi) is 6.97. The van der Waals surface area contributed by atoms with E-state index in [0.29, 0.717) is 27.8 Å². The van der Waals surface area contributed by atoms with Crippen LogP contribution in [0.15, 0.2) is 50.7 Å².